The summed E-state index contributed by atoms with van der Waals surface area (Å²) in [6.07, 6.45) is 1.30. The van der Waals surface area contributed by atoms with E-state index in [4.69, 9.17) is 0 Å². The van der Waals surface area contributed by atoms with Crippen LogP contribution < -0.4 is 5.32 Å². The normalized spacial score (nSPS) is 24.2. The number of thioether (sulfide) groups is 1. The quantitative estimate of drug-likeness (QED) is 0.835. The molecule has 1 aromatic heterocycles. The van der Waals surface area contributed by atoms with Crippen molar-refractivity contribution in [1.82, 2.24) is 5.32 Å². The molecule has 0 aromatic carbocycles. The van der Waals surface area contributed by atoms with Gasteiger partial charge in [0.05, 0.1) is 5.37 Å². The van der Waals surface area contributed by atoms with E-state index in [2.05, 4.69) is 32.7 Å². The third-order valence-electron chi connectivity index (χ3n) is 1.82. The zero-order valence-corrected chi connectivity index (χ0v) is 9.77. The van der Waals surface area contributed by atoms with Crippen molar-refractivity contribution in [2.24, 2.45) is 0 Å². The Hall–Kier alpha value is 0.490. The third-order valence-corrected chi connectivity index (χ3v) is 5.16. The van der Waals surface area contributed by atoms with Crippen LogP contribution in [-0.2, 0) is 0 Å². The number of hydrogen-bond donors (Lipinski definition) is 1. The van der Waals surface area contributed by atoms with E-state index >= 15 is 0 Å². The second kappa shape index (κ2) is 4.13. The van der Waals surface area contributed by atoms with Crippen LogP contribution in [0.15, 0.2) is 15.9 Å². The molecule has 2 rings (SSSR count). The largest absolute Gasteiger partial charge is 0.301 e. The van der Waals surface area contributed by atoms with Crippen molar-refractivity contribution < 1.29 is 0 Å². The lowest BCUT2D eigenvalue weighted by molar-refractivity contribution is 0.648. The van der Waals surface area contributed by atoms with Gasteiger partial charge in [0.2, 0.25) is 0 Å². The Bertz CT molecular complexity index is 255. The first kappa shape index (κ1) is 9.06. The van der Waals surface area contributed by atoms with Gasteiger partial charge in [-0.1, -0.05) is 0 Å². The van der Waals surface area contributed by atoms with Crippen LogP contribution in [0.2, 0.25) is 0 Å². The summed E-state index contributed by atoms with van der Waals surface area (Å²) in [6.45, 7) is 1.15. The molecule has 1 unspecified atom stereocenters. The molecule has 66 valence electrons. The molecule has 1 saturated heterocycles. The summed E-state index contributed by atoms with van der Waals surface area (Å²) in [5.41, 5.74) is 0. The fourth-order valence-electron chi connectivity index (χ4n) is 1.23. The number of hydrogen-bond acceptors (Lipinski definition) is 3. The first-order chi connectivity index (χ1) is 5.88. The molecule has 1 atom stereocenters. The van der Waals surface area contributed by atoms with E-state index in [9.17, 15) is 0 Å². The molecule has 1 fully saturated rings. The summed E-state index contributed by atoms with van der Waals surface area (Å²) in [6, 6.07) is 2.12. The predicted molar refractivity (Wildman–Crippen MR) is 59.8 cm³/mol. The Balaban J connectivity index is 2.13. The minimum Gasteiger partial charge on any atom is -0.301 e. The molecule has 0 radical (unpaired) electrons. The summed E-state index contributed by atoms with van der Waals surface area (Å²) >= 11 is 7.39. The number of halogens is 1. The minimum atomic E-state index is 0.521. The van der Waals surface area contributed by atoms with Crippen molar-refractivity contribution in [3.63, 3.8) is 0 Å². The van der Waals surface area contributed by atoms with Crippen molar-refractivity contribution in [3.05, 3.63) is 20.8 Å². The SMILES string of the molecule is Brc1ccsc1C1NCCCS1. The van der Waals surface area contributed by atoms with Gasteiger partial charge in [0, 0.05) is 9.35 Å². The lowest BCUT2D eigenvalue weighted by atomic mass is 10.4. The van der Waals surface area contributed by atoms with Gasteiger partial charge >= 0.3 is 0 Å². The summed E-state index contributed by atoms with van der Waals surface area (Å²) in [7, 11) is 0. The molecule has 0 aliphatic carbocycles. The lowest BCUT2D eigenvalue weighted by Crippen LogP contribution is -2.24. The van der Waals surface area contributed by atoms with Crippen LogP contribution >= 0.6 is 39.0 Å². The third kappa shape index (κ3) is 1.87. The van der Waals surface area contributed by atoms with Crippen molar-refractivity contribution in [3.8, 4) is 0 Å². The molecular formula is C8H10BrNS2. The van der Waals surface area contributed by atoms with Crippen molar-refractivity contribution >= 4 is 39.0 Å². The zero-order valence-electron chi connectivity index (χ0n) is 6.55. The molecule has 0 amide bonds. The second-order valence-electron chi connectivity index (χ2n) is 2.69. The van der Waals surface area contributed by atoms with Gasteiger partial charge < -0.3 is 5.32 Å². The van der Waals surface area contributed by atoms with Crippen LogP contribution in [0.1, 0.15) is 16.7 Å². The monoisotopic (exact) mass is 263 g/mol. The van der Waals surface area contributed by atoms with E-state index < -0.39 is 0 Å². The fourth-order valence-corrected chi connectivity index (χ4v) is 4.36. The van der Waals surface area contributed by atoms with E-state index in [-0.39, 0.29) is 0 Å². The predicted octanol–water partition coefficient (Wildman–Crippen LogP) is 3.24. The van der Waals surface area contributed by atoms with Gasteiger partial charge in [0.15, 0.2) is 0 Å². The maximum absolute atomic E-state index is 3.56. The first-order valence-corrected chi connectivity index (χ1v) is 6.68. The average molecular weight is 264 g/mol. The highest BCUT2D eigenvalue weighted by Gasteiger charge is 2.18. The molecule has 0 spiro atoms. The Morgan fingerprint density at radius 2 is 2.50 bits per heavy atom. The average Bonchev–Trinajstić information content (AvgIpc) is 2.53. The maximum Gasteiger partial charge on any atom is 0.0894 e. The van der Waals surface area contributed by atoms with E-state index in [0.29, 0.717) is 5.37 Å². The zero-order chi connectivity index (χ0) is 8.39. The van der Waals surface area contributed by atoms with E-state index in [1.807, 2.05) is 23.1 Å². The minimum absolute atomic E-state index is 0.521. The summed E-state index contributed by atoms with van der Waals surface area (Å²) < 4.78 is 1.25. The summed E-state index contributed by atoms with van der Waals surface area (Å²) in [4.78, 5) is 1.43. The Labute approximate surface area is 89.1 Å². The highest BCUT2D eigenvalue weighted by atomic mass is 79.9. The molecular weight excluding hydrogens is 254 g/mol. The highest BCUT2D eigenvalue weighted by molar-refractivity contribution is 9.10. The smallest absolute Gasteiger partial charge is 0.0894 e. The topological polar surface area (TPSA) is 12.0 Å². The molecule has 1 N–H and O–H groups in total. The van der Waals surface area contributed by atoms with Crippen molar-refractivity contribution in [2.45, 2.75) is 11.8 Å². The molecule has 0 bridgehead atoms. The second-order valence-corrected chi connectivity index (χ2v) is 5.71. The van der Waals surface area contributed by atoms with Crippen molar-refractivity contribution in [2.75, 3.05) is 12.3 Å². The van der Waals surface area contributed by atoms with Gasteiger partial charge in [-0.15, -0.1) is 23.1 Å². The summed E-state index contributed by atoms with van der Waals surface area (Å²) in [5.74, 6) is 1.28. The Morgan fingerprint density at radius 3 is 3.08 bits per heavy atom. The molecule has 1 aliphatic rings. The van der Waals surface area contributed by atoms with E-state index in [1.165, 1.54) is 21.5 Å². The molecule has 1 aliphatic heterocycles. The Kier molecular flexibility index (Phi) is 3.12. The number of thiophene rings is 1. The van der Waals surface area contributed by atoms with E-state index in [0.717, 1.165) is 6.54 Å². The highest BCUT2D eigenvalue weighted by Crippen LogP contribution is 2.37. The first-order valence-electron chi connectivity index (χ1n) is 3.96. The molecule has 4 heteroatoms. The molecule has 1 nitrogen and oxygen atoms in total. The lowest BCUT2D eigenvalue weighted by Gasteiger charge is -2.22. The standard InChI is InChI=1S/C8H10BrNS2/c9-6-2-5-11-7(6)8-10-3-1-4-12-8/h2,5,8,10H,1,3-4H2. The van der Waals surface area contributed by atoms with Crippen LogP contribution in [-0.4, -0.2) is 12.3 Å². The number of rotatable bonds is 1. The van der Waals surface area contributed by atoms with Crippen LogP contribution in [0.25, 0.3) is 0 Å². The van der Waals surface area contributed by atoms with Gasteiger partial charge in [-0.3, -0.25) is 0 Å². The fraction of sp³-hybridized carbons (Fsp3) is 0.500. The Morgan fingerprint density at radius 1 is 1.58 bits per heavy atom. The maximum atomic E-state index is 3.56. The van der Waals surface area contributed by atoms with Crippen LogP contribution in [0, 0.1) is 0 Å². The summed E-state index contributed by atoms with van der Waals surface area (Å²) in [5, 5.41) is 6.16. The molecule has 1 aromatic rings. The van der Waals surface area contributed by atoms with Gasteiger partial charge in [0.25, 0.3) is 0 Å². The molecule has 2 heterocycles. The van der Waals surface area contributed by atoms with Crippen LogP contribution in [0.4, 0.5) is 0 Å². The van der Waals surface area contributed by atoms with Gasteiger partial charge in [0.1, 0.15) is 0 Å². The molecule has 0 saturated carbocycles. The van der Waals surface area contributed by atoms with Gasteiger partial charge in [-0.2, -0.15) is 0 Å². The van der Waals surface area contributed by atoms with Gasteiger partial charge in [-0.05, 0) is 46.1 Å². The van der Waals surface area contributed by atoms with Crippen LogP contribution in [0.3, 0.4) is 0 Å². The number of nitrogens with one attached hydrogen (secondary N) is 1. The van der Waals surface area contributed by atoms with Crippen LogP contribution in [0.5, 0.6) is 0 Å². The van der Waals surface area contributed by atoms with Crippen molar-refractivity contribution in [1.29, 1.82) is 0 Å². The van der Waals surface area contributed by atoms with E-state index in [1.54, 1.807) is 0 Å². The molecule has 12 heavy (non-hydrogen) atoms. The van der Waals surface area contributed by atoms with Gasteiger partial charge in [-0.25, -0.2) is 0 Å².